The van der Waals surface area contributed by atoms with E-state index in [1.165, 1.54) is 27.9 Å². The Morgan fingerprint density at radius 1 is 1.13 bits per heavy atom. The van der Waals surface area contributed by atoms with Gasteiger partial charge >= 0.3 is 6.18 Å². The van der Waals surface area contributed by atoms with Crippen LogP contribution >= 0.6 is 11.3 Å². The molecule has 1 aliphatic carbocycles. The second-order valence-electron chi connectivity index (χ2n) is 7.16. The Morgan fingerprint density at radius 3 is 2.67 bits per heavy atom. The number of hydrogen-bond donors (Lipinski definition) is 0. The summed E-state index contributed by atoms with van der Waals surface area (Å²) in [5.41, 5.74) is 0.601. The molecule has 5 rings (SSSR count). The molecule has 0 N–H and O–H groups in total. The molecule has 1 aliphatic rings. The van der Waals surface area contributed by atoms with E-state index >= 15 is 0 Å². The summed E-state index contributed by atoms with van der Waals surface area (Å²) in [6, 6.07) is 4.50. The Bertz CT molecular complexity index is 1290. The van der Waals surface area contributed by atoms with Crippen molar-refractivity contribution in [3.05, 3.63) is 62.8 Å². The fraction of sp³-hybridized carbons (Fsp3) is 0.300. The van der Waals surface area contributed by atoms with Crippen molar-refractivity contribution in [3.8, 4) is 11.4 Å². The van der Waals surface area contributed by atoms with Gasteiger partial charge in [0.2, 0.25) is 11.7 Å². The van der Waals surface area contributed by atoms with Crippen LogP contribution in [0.5, 0.6) is 0 Å². The number of rotatable bonds is 3. The van der Waals surface area contributed by atoms with E-state index < -0.39 is 11.7 Å². The average molecular weight is 432 g/mol. The van der Waals surface area contributed by atoms with E-state index in [4.69, 9.17) is 4.52 Å². The number of fused-ring (bicyclic) bond motifs is 3. The van der Waals surface area contributed by atoms with Crippen LogP contribution in [0, 0.1) is 0 Å². The van der Waals surface area contributed by atoms with E-state index in [9.17, 15) is 18.0 Å². The summed E-state index contributed by atoms with van der Waals surface area (Å²) in [6.45, 7) is 0.0417. The molecular weight excluding hydrogens is 417 g/mol. The van der Waals surface area contributed by atoms with Crippen molar-refractivity contribution in [2.24, 2.45) is 0 Å². The van der Waals surface area contributed by atoms with Crippen molar-refractivity contribution < 1.29 is 17.7 Å². The number of hydrogen-bond acceptors (Lipinski definition) is 6. The third-order valence-electron chi connectivity index (χ3n) is 5.19. The van der Waals surface area contributed by atoms with Crippen molar-refractivity contribution >= 4 is 21.6 Å². The molecule has 0 amide bonds. The Morgan fingerprint density at radius 2 is 1.90 bits per heavy atom. The lowest BCUT2D eigenvalue weighted by Crippen LogP contribution is -2.21. The van der Waals surface area contributed by atoms with E-state index in [2.05, 4.69) is 15.1 Å². The van der Waals surface area contributed by atoms with E-state index in [0.29, 0.717) is 10.9 Å². The van der Waals surface area contributed by atoms with Crippen LogP contribution in [-0.4, -0.2) is 19.7 Å². The van der Waals surface area contributed by atoms with Crippen LogP contribution in [0.4, 0.5) is 13.2 Å². The van der Waals surface area contributed by atoms with Gasteiger partial charge in [0.1, 0.15) is 11.4 Å². The normalized spacial score (nSPS) is 14.2. The molecule has 0 saturated carbocycles. The fourth-order valence-corrected chi connectivity index (χ4v) is 4.90. The molecule has 3 heterocycles. The summed E-state index contributed by atoms with van der Waals surface area (Å²) in [6.07, 6.45) is 1.12. The van der Waals surface area contributed by atoms with Crippen LogP contribution in [0.2, 0.25) is 0 Å². The van der Waals surface area contributed by atoms with E-state index in [1.807, 2.05) is 0 Å². The molecule has 0 unspecified atom stereocenters. The van der Waals surface area contributed by atoms with Gasteiger partial charge in [-0.05, 0) is 43.4 Å². The molecule has 6 nitrogen and oxygen atoms in total. The van der Waals surface area contributed by atoms with Gasteiger partial charge in [-0.15, -0.1) is 11.3 Å². The lowest BCUT2D eigenvalue weighted by molar-refractivity contribution is -0.137. The zero-order valence-electron chi connectivity index (χ0n) is 15.6. The summed E-state index contributed by atoms with van der Waals surface area (Å²) in [4.78, 5) is 23.6. The highest BCUT2D eigenvalue weighted by atomic mass is 32.1. The lowest BCUT2D eigenvalue weighted by Gasteiger charge is -2.10. The first-order valence-electron chi connectivity index (χ1n) is 9.40. The number of nitrogens with zero attached hydrogens (tertiary/aromatic N) is 4. The minimum atomic E-state index is -4.41. The zero-order chi connectivity index (χ0) is 20.9. The molecule has 0 aliphatic heterocycles. The predicted molar refractivity (Wildman–Crippen MR) is 104 cm³/mol. The molecule has 10 heteroatoms. The quantitative estimate of drug-likeness (QED) is 0.478. The van der Waals surface area contributed by atoms with Gasteiger partial charge < -0.3 is 4.52 Å². The SMILES string of the molecule is O=c1c2c3c(sc2ncn1Cc1nc(-c2ccc(C(F)(F)F)cc2)no1)CCCC3. The molecule has 0 atom stereocenters. The van der Waals surface area contributed by atoms with Crippen LogP contribution in [0.1, 0.15) is 34.7 Å². The van der Waals surface area contributed by atoms with E-state index in [0.717, 1.165) is 48.2 Å². The number of alkyl halides is 3. The minimum Gasteiger partial charge on any atom is -0.337 e. The van der Waals surface area contributed by atoms with Crippen LogP contribution < -0.4 is 5.56 Å². The van der Waals surface area contributed by atoms with Gasteiger partial charge in [0.05, 0.1) is 17.3 Å². The first-order valence-corrected chi connectivity index (χ1v) is 10.2. The highest BCUT2D eigenvalue weighted by Gasteiger charge is 2.30. The molecule has 1 aromatic carbocycles. The second-order valence-corrected chi connectivity index (χ2v) is 8.24. The summed E-state index contributed by atoms with van der Waals surface area (Å²) in [7, 11) is 0. The molecule has 4 aromatic rings. The molecule has 30 heavy (non-hydrogen) atoms. The van der Waals surface area contributed by atoms with Crippen LogP contribution in [0.3, 0.4) is 0 Å². The van der Waals surface area contributed by atoms with E-state index in [1.54, 1.807) is 11.3 Å². The number of benzene rings is 1. The zero-order valence-corrected chi connectivity index (χ0v) is 16.4. The fourth-order valence-electron chi connectivity index (χ4n) is 3.68. The summed E-state index contributed by atoms with van der Waals surface area (Å²) in [5.74, 6) is 0.339. The monoisotopic (exact) mass is 432 g/mol. The number of halogens is 3. The maximum absolute atomic E-state index is 13.0. The molecule has 3 aromatic heterocycles. The molecule has 0 fully saturated rings. The van der Waals surface area contributed by atoms with Gasteiger partial charge in [0, 0.05) is 10.4 Å². The third-order valence-corrected chi connectivity index (χ3v) is 6.39. The number of aromatic nitrogens is 4. The van der Waals surface area contributed by atoms with Gasteiger partial charge in [0.25, 0.3) is 5.56 Å². The lowest BCUT2D eigenvalue weighted by atomic mass is 9.97. The summed E-state index contributed by atoms with van der Waals surface area (Å²) < 4.78 is 44.8. The standard InChI is InChI=1S/C20H15F3N4O2S/c21-20(22,23)12-7-5-11(6-8-12)17-25-15(29-26-17)9-27-10-24-18-16(19(27)28)13-3-1-2-4-14(13)30-18/h5-8,10H,1-4,9H2. The van der Waals surface area contributed by atoms with Gasteiger partial charge in [-0.25, -0.2) is 4.98 Å². The second kappa shape index (κ2) is 7.05. The van der Waals surface area contributed by atoms with Crippen molar-refractivity contribution in [3.63, 3.8) is 0 Å². The molecule has 0 radical (unpaired) electrons. The van der Waals surface area contributed by atoms with Crippen LogP contribution in [-0.2, 0) is 25.6 Å². The van der Waals surface area contributed by atoms with Crippen molar-refractivity contribution in [2.75, 3.05) is 0 Å². The molecule has 0 spiro atoms. The Balaban J connectivity index is 1.43. The van der Waals surface area contributed by atoms with Crippen molar-refractivity contribution in [1.29, 1.82) is 0 Å². The Labute approximate surface area is 172 Å². The number of thiophene rings is 1. The highest BCUT2D eigenvalue weighted by Crippen LogP contribution is 2.33. The third kappa shape index (κ3) is 3.30. The van der Waals surface area contributed by atoms with Crippen LogP contribution in [0.25, 0.3) is 21.6 Å². The Hall–Kier alpha value is -3.01. The molecule has 0 saturated heterocycles. The Kier molecular flexibility index (Phi) is 4.46. The van der Waals surface area contributed by atoms with Gasteiger partial charge in [0.15, 0.2) is 0 Å². The summed E-state index contributed by atoms with van der Waals surface area (Å²) >= 11 is 1.58. The number of aryl methyl sites for hydroxylation is 2. The largest absolute Gasteiger partial charge is 0.416 e. The van der Waals surface area contributed by atoms with Gasteiger partial charge in [-0.2, -0.15) is 18.2 Å². The topological polar surface area (TPSA) is 73.8 Å². The first-order chi connectivity index (χ1) is 14.4. The highest BCUT2D eigenvalue weighted by molar-refractivity contribution is 7.18. The molecule has 154 valence electrons. The molecule has 0 bridgehead atoms. The van der Waals surface area contributed by atoms with Gasteiger partial charge in [-0.3, -0.25) is 9.36 Å². The first kappa shape index (κ1) is 19.0. The van der Waals surface area contributed by atoms with Crippen molar-refractivity contribution in [2.45, 2.75) is 38.4 Å². The van der Waals surface area contributed by atoms with E-state index in [-0.39, 0.29) is 23.8 Å². The van der Waals surface area contributed by atoms with Gasteiger partial charge in [-0.1, -0.05) is 17.3 Å². The minimum absolute atomic E-state index is 0.0417. The predicted octanol–water partition coefficient (Wildman–Crippen LogP) is 4.45. The summed E-state index contributed by atoms with van der Waals surface area (Å²) in [5, 5.41) is 4.49. The van der Waals surface area contributed by atoms with Crippen LogP contribution in [0.15, 0.2) is 39.9 Å². The maximum Gasteiger partial charge on any atom is 0.416 e. The average Bonchev–Trinajstić information content (AvgIpc) is 3.34. The maximum atomic E-state index is 13.0. The molecular formula is C20H15F3N4O2S. The van der Waals surface area contributed by atoms with Crippen molar-refractivity contribution in [1.82, 2.24) is 19.7 Å². The smallest absolute Gasteiger partial charge is 0.337 e.